The summed E-state index contributed by atoms with van der Waals surface area (Å²) in [5.74, 6) is -0.238. The molecule has 20 heavy (non-hydrogen) atoms. The van der Waals surface area contributed by atoms with Gasteiger partial charge in [-0.1, -0.05) is 30.3 Å². The van der Waals surface area contributed by atoms with Crippen LogP contribution in [0.4, 0.5) is 5.69 Å². The van der Waals surface area contributed by atoms with Crippen molar-refractivity contribution in [3.05, 3.63) is 53.1 Å². The van der Waals surface area contributed by atoms with Gasteiger partial charge < -0.3 is 0 Å². The Morgan fingerprint density at radius 1 is 0.850 bits per heavy atom. The predicted molar refractivity (Wildman–Crippen MR) is 73.1 cm³/mol. The average molecular weight is 262 g/mol. The first-order valence-corrected chi connectivity index (χ1v) is 6.46. The van der Waals surface area contributed by atoms with Crippen molar-refractivity contribution in [2.75, 3.05) is 0 Å². The lowest BCUT2D eigenvalue weighted by Gasteiger charge is -2.22. The van der Waals surface area contributed by atoms with E-state index in [9.17, 15) is 9.59 Å². The molecule has 0 unspecified atom stereocenters. The van der Waals surface area contributed by atoms with E-state index in [0.29, 0.717) is 17.7 Å². The van der Waals surface area contributed by atoms with Gasteiger partial charge in [0, 0.05) is 17.5 Å². The van der Waals surface area contributed by atoms with Crippen LogP contribution in [0.3, 0.4) is 0 Å². The van der Waals surface area contributed by atoms with Gasteiger partial charge in [-0.2, -0.15) is 0 Å². The number of fused-ring (bicyclic) bond motifs is 5. The Kier molecular flexibility index (Phi) is 2.21. The summed E-state index contributed by atoms with van der Waals surface area (Å²) in [6, 6.07) is 11.6. The molecule has 0 fully saturated rings. The van der Waals surface area contributed by atoms with E-state index in [0.717, 1.165) is 22.3 Å². The molecule has 1 aliphatic heterocycles. The van der Waals surface area contributed by atoms with E-state index >= 15 is 0 Å². The molecule has 2 aromatic carbocycles. The highest BCUT2D eigenvalue weighted by Crippen LogP contribution is 2.39. The van der Waals surface area contributed by atoms with Crippen LogP contribution < -0.4 is 0 Å². The number of benzene rings is 2. The number of nitrogens with zero attached hydrogens (tertiary/aromatic N) is 2. The zero-order valence-electron chi connectivity index (χ0n) is 10.6. The molecule has 0 radical (unpaired) electrons. The van der Waals surface area contributed by atoms with E-state index in [1.165, 1.54) is 0 Å². The van der Waals surface area contributed by atoms with Crippen molar-refractivity contribution in [2.45, 2.75) is 12.8 Å². The van der Waals surface area contributed by atoms with Gasteiger partial charge in [0.2, 0.25) is 0 Å². The molecule has 2 aromatic rings. The molecular formula is C16H10N2O2. The molecule has 0 aromatic heterocycles. The van der Waals surface area contributed by atoms with Gasteiger partial charge in [0.15, 0.2) is 5.78 Å². The summed E-state index contributed by atoms with van der Waals surface area (Å²) in [5, 5.41) is 7.46. The first kappa shape index (κ1) is 11.2. The molecule has 0 N–H and O–H groups in total. The summed E-state index contributed by atoms with van der Waals surface area (Å²) in [5.41, 5.74) is 5.01. The van der Waals surface area contributed by atoms with Crippen LogP contribution in [0.25, 0.3) is 11.1 Å². The molecular weight excluding hydrogens is 252 g/mol. The minimum atomic E-state index is -0.294. The van der Waals surface area contributed by atoms with Crippen LogP contribution >= 0.6 is 0 Å². The normalized spacial score (nSPS) is 15.6. The number of carbonyl (C=O) groups excluding carboxylic acids is 2. The highest BCUT2D eigenvalue weighted by Gasteiger charge is 2.28. The van der Waals surface area contributed by atoms with Crippen molar-refractivity contribution in [3.63, 3.8) is 0 Å². The predicted octanol–water partition coefficient (Wildman–Crippen LogP) is 3.26. The fourth-order valence-electron chi connectivity index (χ4n) is 2.95. The Balaban J connectivity index is 2.04. The molecule has 1 heterocycles. The van der Waals surface area contributed by atoms with Crippen LogP contribution in [0.15, 0.2) is 46.6 Å². The van der Waals surface area contributed by atoms with Crippen LogP contribution in [0.1, 0.15) is 21.5 Å². The van der Waals surface area contributed by atoms with E-state index in [-0.39, 0.29) is 18.1 Å². The second kappa shape index (κ2) is 3.93. The number of rotatable bonds is 0. The summed E-state index contributed by atoms with van der Waals surface area (Å²) in [6.45, 7) is 0. The molecule has 4 rings (SSSR count). The number of amides is 1. The summed E-state index contributed by atoms with van der Waals surface area (Å²) >= 11 is 0. The van der Waals surface area contributed by atoms with Gasteiger partial charge in [0.05, 0.1) is 12.1 Å². The van der Waals surface area contributed by atoms with Gasteiger partial charge in [-0.3, -0.25) is 9.59 Å². The third-order valence-electron chi connectivity index (χ3n) is 3.82. The van der Waals surface area contributed by atoms with E-state index in [2.05, 4.69) is 10.2 Å². The maximum atomic E-state index is 12.4. The standard InChI is InChI=1S/C16H10N2O2/c19-14-7-9-3-1-2-4-10(9)11-5-6-13-12(16(11)14)8-15(20)18-17-13/h1-6H,7-8H2. The largest absolute Gasteiger partial charge is 0.294 e. The molecule has 0 bridgehead atoms. The monoisotopic (exact) mass is 262 g/mol. The van der Waals surface area contributed by atoms with Crippen molar-refractivity contribution in [1.82, 2.24) is 0 Å². The SMILES string of the molecule is O=C1Cc2c(ccc3c2C(=O)Cc2ccccc2-3)N=N1. The van der Waals surface area contributed by atoms with E-state index in [1.807, 2.05) is 36.4 Å². The first-order chi connectivity index (χ1) is 9.74. The van der Waals surface area contributed by atoms with Crippen LogP contribution in [0, 0.1) is 0 Å². The van der Waals surface area contributed by atoms with Gasteiger partial charge in [-0.15, -0.1) is 10.2 Å². The molecule has 0 spiro atoms. The number of hydrogen-bond donors (Lipinski definition) is 0. The molecule has 0 saturated carbocycles. The lowest BCUT2D eigenvalue weighted by molar-refractivity contribution is -0.117. The lowest BCUT2D eigenvalue weighted by atomic mass is 9.81. The summed E-state index contributed by atoms with van der Waals surface area (Å²) in [7, 11) is 0. The minimum Gasteiger partial charge on any atom is -0.294 e. The molecule has 4 heteroatoms. The van der Waals surface area contributed by atoms with Gasteiger partial charge in [0.1, 0.15) is 0 Å². The third kappa shape index (κ3) is 1.48. The van der Waals surface area contributed by atoms with E-state index < -0.39 is 0 Å². The van der Waals surface area contributed by atoms with Gasteiger partial charge in [-0.25, -0.2) is 0 Å². The van der Waals surface area contributed by atoms with Gasteiger partial charge >= 0.3 is 0 Å². The van der Waals surface area contributed by atoms with Crippen LogP contribution in [0.5, 0.6) is 0 Å². The second-order valence-corrected chi connectivity index (χ2v) is 5.01. The van der Waals surface area contributed by atoms with Crippen molar-refractivity contribution >= 4 is 17.4 Å². The van der Waals surface area contributed by atoms with Crippen molar-refractivity contribution in [3.8, 4) is 11.1 Å². The topological polar surface area (TPSA) is 58.9 Å². The van der Waals surface area contributed by atoms with Crippen molar-refractivity contribution in [1.29, 1.82) is 0 Å². The van der Waals surface area contributed by atoms with Crippen LogP contribution in [-0.4, -0.2) is 11.7 Å². The molecule has 2 aliphatic rings. The van der Waals surface area contributed by atoms with Gasteiger partial charge in [0.25, 0.3) is 5.91 Å². The lowest BCUT2D eigenvalue weighted by Crippen LogP contribution is -2.17. The Bertz CT molecular complexity index is 806. The number of ketones is 1. The van der Waals surface area contributed by atoms with E-state index in [1.54, 1.807) is 0 Å². The maximum Gasteiger partial charge on any atom is 0.269 e. The smallest absolute Gasteiger partial charge is 0.269 e. The summed E-state index contributed by atoms with van der Waals surface area (Å²) in [6.07, 6.45) is 0.543. The Morgan fingerprint density at radius 3 is 2.60 bits per heavy atom. The molecule has 1 amide bonds. The number of carbonyl (C=O) groups is 2. The Hall–Kier alpha value is -2.62. The molecule has 96 valence electrons. The maximum absolute atomic E-state index is 12.4. The summed E-state index contributed by atoms with van der Waals surface area (Å²) < 4.78 is 0. The Labute approximate surface area is 115 Å². The minimum absolute atomic E-state index is 0.0560. The van der Waals surface area contributed by atoms with Crippen molar-refractivity contribution in [2.24, 2.45) is 10.2 Å². The number of hydrogen-bond acceptors (Lipinski definition) is 3. The summed E-state index contributed by atoms with van der Waals surface area (Å²) in [4.78, 5) is 23.9. The number of azo groups is 1. The first-order valence-electron chi connectivity index (χ1n) is 6.46. The second-order valence-electron chi connectivity index (χ2n) is 5.01. The highest BCUT2D eigenvalue weighted by molar-refractivity contribution is 6.10. The molecule has 0 atom stereocenters. The third-order valence-corrected chi connectivity index (χ3v) is 3.82. The van der Waals surface area contributed by atoms with Crippen LogP contribution in [0.2, 0.25) is 0 Å². The van der Waals surface area contributed by atoms with Crippen molar-refractivity contribution < 1.29 is 9.59 Å². The Morgan fingerprint density at radius 2 is 1.70 bits per heavy atom. The van der Waals surface area contributed by atoms with E-state index in [4.69, 9.17) is 0 Å². The zero-order valence-corrected chi connectivity index (χ0v) is 10.6. The fraction of sp³-hybridized carbons (Fsp3) is 0.125. The molecule has 4 nitrogen and oxygen atoms in total. The highest BCUT2D eigenvalue weighted by atomic mass is 16.1. The van der Waals surface area contributed by atoms with Gasteiger partial charge in [-0.05, 0) is 22.8 Å². The molecule has 0 saturated heterocycles. The van der Waals surface area contributed by atoms with Crippen LogP contribution in [-0.2, 0) is 17.6 Å². The fourth-order valence-corrected chi connectivity index (χ4v) is 2.95. The zero-order chi connectivity index (χ0) is 13.7. The quantitative estimate of drug-likeness (QED) is 0.731. The average Bonchev–Trinajstić information content (AvgIpc) is 2.46. The molecule has 1 aliphatic carbocycles. The number of Topliss-reactive ketones (excluding diaryl/α,β-unsaturated/α-hetero) is 1.